The molecule has 1 atom stereocenters. The maximum Gasteiger partial charge on any atom is 0.246 e. The second-order valence-electron chi connectivity index (χ2n) is 4.56. The highest BCUT2D eigenvalue weighted by Gasteiger charge is 2.27. The largest absolute Gasteiger partial charge is 0.281 e. The molecule has 0 aliphatic heterocycles. The van der Waals surface area contributed by atoms with Crippen LogP contribution in [0.15, 0.2) is 4.90 Å². The van der Waals surface area contributed by atoms with Crippen LogP contribution in [0.5, 0.6) is 0 Å². The van der Waals surface area contributed by atoms with E-state index < -0.39 is 10.0 Å². The first-order chi connectivity index (χ1) is 7.80. The van der Waals surface area contributed by atoms with Gasteiger partial charge in [-0.25, -0.2) is 12.7 Å². The lowest BCUT2D eigenvalue weighted by Crippen LogP contribution is -2.31. The van der Waals surface area contributed by atoms with E-state index in [1.165, 1.54) is 4.31 Å². The van der Waals surface area contributed by atoms with Gasteiger partial charge in [-0.3, -0.25) is 5.10 Å². The van der Waals surface area contributed by atoms with Gasteiger partial charge >= 0.3 is 0 Å². The number of rotatable bonds is 5. The zero-order valence-corrected chi connectivity index (χ0v) is 11.9. The number of nitrogens with zero attached hydrogens (tertiary/aromatic N) is 2. The van der Waals surface area contributed by atoms with Crippen molar-refractivity contribution in [2.24, 2.45) is 5.92 Å². The van der Waals surface area contributed by atoms with Crippen molar-refractivity contribution in [3.05, 3.63) is 11.4 Å². The number of hydrogen-bond donors (Lipinski definition) is 1. The van der Waals surface area contributed by atoms with Crippen molar-refractivity contribution in [1.82, 2.24) is 14.5 Å². The first-order valence-corrected chi connectivity index (χ1v) is 7.22. The maximum absolute atomic E-state index is 12.4. The van der Waals surface area contributed by atoms with Gasteiger partial charge in [0.2, 0.25) is 10.0 Å². The van der Waals surface area contributed by atoms with Crippen LogP contribution in [0.2, 0.25) is 0 Å². The summed E-state index contributed by atoms with van der Waals surface area (Å²) < 4.78 is 26.1. The summed E-state index contributed by atoms with van der Waals surface area (Å²) >= 11 is 0. The molecule has 5 nitrogen and oxygen atoms in total. The smallest absolute Gasteiger partial charge is 0.246 e. The van der Waals surface area contributed by atoms with Gasteiger partial charge in [0.15, 0.2) is 0 Å². The van der Waals surface area contributed by atoms with Gasteiger partial charge in [-0.2, -0.15) is 5.10 Å². The molecule has 0 saturated heterocycles. The van der Waals surface area contributed by atoms with Gasteiger partial charge in [0.1, 0.15) is 4.90 Å². The standard InChI is InChI=1S/C11H21N3O2S/c1-6-8(2)7-14(5)17(15,16)11-9(3)12-13-10(11)4/h8H,6-7H2,1-5H3,(H,12,13). The minimum absolute atomic E-state index is 0.309. The van der Waals surface area contributed by atoms with Crippen molar-refractivity contribution >= 4 is 10.0 Å². The molecule has 0 spiro atoms. The second kappa shape index (κ2) is 5.18. The Bertz CT molecular complexity index is 459. The van der Waals surface area contributed by atoms with Gasteiger partial charge in [-0.05, 0) is 19.8 Å². The molecule has 0 bridgehead atoms. The summed E-state index contributed by atoms with van der Waals surface area (Å²) in [5.74, 6) is 0.349. The van der Waals surface area contributed by atoms with Gasteiger partial charge in [0.25, 0.3) is 0 Å². The highest BCUT2D eigenvalue weighted by atomic mass is 32.2. The van der Waals surface area contributed by atoms with E-state index >= 15 is 0 Å². The van der Waals surface area contributed by atoms with Crippen molar-refractivity contribution in [3.8, 4) is 0 Å². The molecule has 0 aliphatic rings. The van der Waals surface area contributed by atoms with Crippen LogP contribution >= 0.6 is 0 Å². The molecule has 1 aromatic rings. The number of H-pyrrole nitrogens is 1. The Labute approximate surface area is 103 Å². The third kappa shape index (κ3) is 2.87. The predicted octanol–water partition coefficient (Wildman–Crippen LogP) is 1.69. The lowest BCUT2D eigenvalue weighted by Gasteiger charge is -2.20. The monoisotopic (exact) mass is 259 g/mol. The van der Waals surface area contributed by atoms with Crippen LogP contribution < -0.4 is 0 Å². The van der Waals surface area contributed by atoms with E-state index in [0.717, 1.165) is 6.42 Å². The van der Waals surface area contributed by atoms with E-state index in [4.69, 9.17) is 0 Å². The molecule has 0 fully saturated rings. The molecular weight excluding hydrogens is 238 g/mol. The highest BCUT2D eigenvalue weighted by molar-refractivity contribution is 7.89. The molecule has 98 valence electrons. The fraction of sp³-hybridized carbons (Fsp3) is 0.727. The molecule has 0 saturated carbocycles. The van der Waals surface area contributed by atoms with Gasteiger partial charge in [-0.1, -0.05) is 20.3 Å². The molecule has 0 aromatic carbocycles. The SMILES string of the molecule is CCC(C)CN(C)S(=O)(=O)c1c(C)n[nH]c1C. The summed E-state index contributed by atoms with van der Waals surface area (Å²) in [6.07, 6.45) is 0.962. The van der Waals surface area contributed by atoms with Crippen molar-refractivity contribution in [2.75, 3.05) is 13.6 Å². The topological polar surface area (TPSA) is 66.1 Å². The number of hydrogen-bond acceptors (Lipinski definition) is 3. The molecule has 0 radical (unpaired) electrons. The average molecular weight is 259 g/mol. The van der Waals surface area contributed by atoms with Crippen LogP contribution in [-0.2, 0) is 10.0 Å². The fourth-order valence-electron chi connectivity index (χ4n) is 1.74. The van der Waals surface area contributed by atoms with E-state index in [9.17, 15) is 8.42 Å². The summed E-state index contributed by atoms with van der Waals surface area (Å²) in [6.45, 7) is 8.06. The van der Waals surface area contributed by atoms with Crippen molar-refractivity contribution in [2.45, 2.75) is 39.0 Å². The molecule has 17 heavy (non-hydrogen) atoms. The molecular formula is C11H21N3O2S. The van der Waals surface area contributed by atoms with E-state index in [0.29, 0.717) is 28.7 Å². The van der Waals surface area contributed by atoms with Gasteiger partial charge < -0.3 is 0 Å². The van der Waals surface area contributed by atoms with Crippen LogP contribution in [0.25, 0.3) is 0 Å². The number of nitrogens with one attached hydrogen (secondary N) is 1. The van der Waals surface area contributed by atoms with Crippen molar-refractivity contribution in [3.63, 3.8) is 0 Å². The number of aryl methyl sites for hydroxylation is 2. The van der Waals surface area contributed by atoms with Crippen molar-refractivity contribution in [1.29, 1.82) is 0 Å². The summed E-state index contributed by atoms with van der Waals surface area (Å²) in [5.41, 5.74) is 1.12. The number of aromatic nitrogens is 2. The molecule has 1 heterocycles. The van der Waals surface area contributed by atoms with E-state index in [1.54, 1.807) is 20.9 Å². The second-order valence-corrected chi connectivity index (χ2v) is 6.54. The van der Waals surface area contributed by atoms with E-state index in [1.807, 2.05) is 6.92 Å². The Morgan fingerprint density at radius 3 is 2.41 bits per heavy atom. The number of aromatic amines is 1. The van der Waals surface area contributed by atoms with Crippen LogP contribution in [0.3, 0.4) is 0 Å². The van der Waals surface area contributed by atoms with Gasteiger partial charge in [0, 0.05) is 13.6 Å². The molecule has 0 aliphatic carbocycles. The van der Waals surface area contributed by atoms with Crippen LogP contribution in [0.1, 0.15) is 31.7 Å². The summed E-state index contributed by atoms with van der Waals surface area (Å²) in [6, 6.07) is 0. The molecule has 1 rings (SSSR count). The van der Waals surface area contributed by atoms with Gasteiger partial charge in [0.05, 0.1) is 11.4 Å². The van der Waals surface area contributed by atoms with E-state index in [2.05, 4.69) is 17.1 Å². The molecule has 6 heteroatoms. The van der Waals surface area contributed by atoms with Crippen LogP contribution in [0, 0.1) is 19.8 Å². The van der Waals surface area contributed by atoms with Gasteiger partial charge in [-0.15, -0.1) is 0 Å². The highest BCUT2D eigenvalue weighted by Crippen LogP contribution is 2.21. The normalized spacial score (nSPS) is 14.2. The lowest BCUT2D eigenvalue weighted by molar-refractivity contribution is 0.393. The summed E-state index contributed by atoms with van der Waals surface area (Å²) in [5, 5.41) is 6.64. The van der Waals surface area contributed by atoms with E-state index in [-0.39, 0.29) is 0 Å². The Morgan fingerprint density at radius 1 is 1.41 bits per heavy atom. The molecule has 1 unspecified atom stereocenters. The van der Waals surface area contributed by atoms with Crippen LogP contribution in [-0.4, -0.2) is 36.5 Å². The van der Waals surface area contributed by atoms with Crippen molar-refractivity contribution < 1.29 is 8.42 Å². The minimum Gasteiger partial charge on any atom is -0.281 e. The predicted molar refractivity (Wildman–Crippen MR) is 67.3 cm³/mol. The fourth-order valence-corrected chi connectivity index (χ4v) is 3.36. The maximum atomic E-state index is 12.4. The Kier molecular flexibility index (Phi) is 4.32. The zero-order chi connectivity index (χ0) is 13.2. The average Bonchev–Trinajstić information content (AvgIpc) is 2.58. The molecule has 1 N–H and O–H groups in total. The molecule has 0 amide bonds. The zero-order valence-electron chi connectivity index (χ0n) is 11.1. The molecule has 1 aromatic heterocycles. The Hall–Kier alpha value is -0.880. The summed E-state index contributed by atoms with van der Waals surface area (Å²) in [7, 11) is -1.80. The third-order valence-corrected chi connectivity index (χ3v) is 5.08. The number of sulfonamides is 1. The third-order valence-electron chi connectivity index (χ3n) is 2.99. The lowest BCUT2D eigenvalue weighted by atomic mass is 10.1. The Morgan fingerprint density at radius 2 is 2.00 bits per heavy atom. The Balaban J connectivity index is 3.04. The quantitative estimate of drug-likeness (QED) is 0.875. The first-order valence-electron chi connectivity index (χ1n) is 5.78. The first kappa shape index (κ1) is 14.2. The summed E-state index contributed by atoms with van der Waals surface area (Å²) in [4.78, 5) is 0.309. The minimum atomic E-state index is -3.42. The van der Waals surface area contributed by atoms with Crippen LogP contribution in [0.4, 0.5) is 0 Å².